The molecule has 0 aromatic carbocycles. The van der Waals surface area contributed by atoms with Crippen molar-refractivity contribution in [3.8, 4) is 0 Å². The molecule has 19 heavy (non-hydrogen) atoms. The maximum atomic E-state index is 12.4. The number of carbonyl (C=O) groups is 1. The molecule has 8 heteroatoms. The number of amides is 1. The van der Waals surface area contributed by atoms with Gasteiger partial charge in [-0.15, -0.1) is 0 Å². The van der Waals surface area contributed by atoms with Crippen LogP contribution in [0.15, 0.2) is 0 Å². The second-order valence-corrected chi connectivity index (χ2v) is 4.26. The standard InChI is InChI=1S/C11H16N4O4/c1-3-14-10(9(15(17)18)8(2)12-14)11(16)13-4-6-19-7-5-13/h3-7H2,1-2H3. The fourth-order valence-electron chi connectivity index (χ4n) is 2.15. The second kappa shape index (κ2) is 5.35. The molecule has 1 amide bonds. The maximum absolute atomic E-state index is 12.4. The molecular formula is C11H16N4O4. The van der Waals surface area contributed by atoms with Gasteiger partial charge in [-0.1, -0.05) is 0 Å². The molecule has 0 N–H and O–H groups in total. The number of rotatable bonds is 3. The van der Waals surface area contributed by atoms with Gasteiger partial charge in [0, 0.05) is 19.6 Å². The van der Waals surface area contributed by atoms with E-state index in [1.54, 1.807) is 18.7 Å². The summed E-state index contributed by atoms with van der Waals surface area (Å²) in [7, 11) is 0. The average Bonchev–Trinajstić information content (AvgIpc) is 2.75. The quantitative estimate of drug-likeness (QED) is 0.591. The summed E-state index contributed by atoms with van der Waals surface area (Å²) in [5, 5.41) is 15.2. The summed E-state index contributed by atoms with van der Waals surface area (Å²) >= 11 is 0. The molecule has 1 aliphatic rings. The van der Waals surface area contributed by atoms with Gasteiger partial charge in [-0.2, -0.15) is 5.10 Å². The van der Waals surface area contributed by atoms with Gasteiger partial charge in [0.2, 0.25) is 5.69 Å². The number of hydrogen-bond donors (Lipinski definition) is 0. The van der Waals surface area contributed by atoms with E-state index < -0.39 is 4.92 Å². The van der Waals surface area contributed by atoms with Crippen molar-refractivity contribution in [2.24, 2.45) is 0 Å². The predicted octanol–water partition coefficient (Wildman–Crippen LogP) is 0.592. The number of nitrogens with zero attached hydrogens (tertiary/aromatic N) is 4. The van der Waals surface area contributed by atoms with Crippen LogP contribution in [-0.4, -0.2) is 51.8 Å². The Labute approximate surface area is 110 Å². The van der Waals surface area contributed by atoms with E-state index in [0.717, 1.165) is 0 Å². The van der Waals surface area contributed by atoms with E-state index in [1.807, 2.05) is 0 Å². The molecule has 2 rings (SSSR count). The van der Waals surface area contributed by atoms with E-state index >= 15 is 0 Å². The zero-order valence-corrected chi connectivity index (χ0v) is 11.0. The Balaban J connectivity index is 2.41. The summed E-state index contributed by atoms with van der Waals surface area (Å²) in [6, 6.07) is 0. The molecule has 0 bridgehead atoms. The Hall–Kier alpha value is -1.96. The third-order valence-electron chi connectivity index (χ3n) is 3.08. The van der Waals surface area contributed by atoms with Gasteiger partial charge in [0.05, 0.1) is 18.1 Å². The lowest BCUT2D eigenvalue weighted by molar-refractivity contribution is -0.385. The third-order valence-corrected chi connectivity index (χ3v) is 3.08. The van der Waals surface area contributed by atoms with E-state index in [1.165, 1.54) is 4.68 Å². The fraction of sp³-hybridized carbons (Fsp3) is 0.636. The third kappa shape index (κ3) is 2.43. The van der Waals surface area contributed by atoms with Gasteiger partial charge in [0.15, 0.2) is 0 Å². The van der Waals surface area contributed by atoms with Gasteiger partial charge in [-0.25, -0.2) is 0 Å². The Bertz CT molecular complexity index is 505. The lowest BCUT2D eigenvalue weighted by Gasteiger charge is -2.26. The first-order valence-corrected chi connectivity index (χ1v) is 6.15. The second-order valence-electron chi connectivity index (χ2n) is 4.26. The number of carbonyl (C=O) groups excluding carboxylic acids is 1. The van der Waals surface area contributed by atoms with E-state index in [0.29, 0.717) is 32.8 Å². The van der Waals surface area contributed by atoms with Crippen LogP contribution in [0.25, 0.3) is 0 Å². The maximum Gasteiger partial charge on any atom is 0.322 e. The topological polar surface area (TPSA) is 90.5 Å². The number of aromatic nitrogens is 2. The Kier molecular flexibility index (Phi) is 3.79. The highest BCUT2D eigenvalue weighted by atomic mass is 16.6. The zero-order valence-electron chi connectivity index (χ0n) is 11.0. The zero-order chi connectivity index (χ0) is 14.0. The minimum Gasteiger partial charge on any atom is -0.378 e. The van der Waals surface area contributed by atoms with Crippen LogP contribution < -0.4 is 0 Å². The van der Waals surface area contributed by atoms with Crippen LogP contribution in [0.3, 0.4) is 0 Å². The highest BCUT2D eigenvalue weighted by Gasteiger charge is 2.33. The summed E-state index contributed by atoms with van der Waals surface area (Å²) in [5.41, 5.74) is 0.133. The van der Waals surface area contributed by atoms with Gasteiger partial charge >= 0.3 is 5.69 Å². The molecule has 0 aliphatic carbocycles. The Morgan fingerprint density at radius 2 is 2.11 bits per heavy atom. The summed E-state index contributed by atoms with van der Waals surface area (Å²) in [4.78, 5) is 24.6. The molecule has 1 aromatic rings. The van der Waals surface area contributed by atoms with Gasteiger partial charge in [-0.3, -0.25) is 19.6 Å². The fourth-order valence-corrected chi connectivity index (χ4v) is 2.15. The summed E-state index contributed by atoms with van der Waals surface area (Å²) in [6.45, 7) is 5.57. The summed E-state index contributed by atoms with van der Waals surface area (Å²) < 4.78 is 6.57. The number of aryl methyl sites for hydroxylation is 2. The first kappa shape index (κ1) is 13.5. The van der Waals surface area contributed by atoms with E-state index in [-0.39, 0.29) is 23.0 Å². The smallest absolute Gasteiger partial charge is 0.322 e. The van der Waals surface area contributed by atoms with E-state index in [2.05, 4.69) is 5.10 Å². The highest BCUT2D eigenvalue weighted by molar-refractivity contribution is 5.97. The summed E-state index contributed by atoms with van der Waals surface area (Å²) in [6.07, 6.45) is 0. The van der Waals surface area contributed by atoms with E-state index in [9.17, 15) is 14.9 Å². The minimum absolute atomic E-state index is 0.0619. The van der Waals surface area contributed by atoms with Crippen LogP contribution in [0.1, 0.15) is 23.1 Å². The molecule has 8 nitrogen and oxygen atoms in total. The van der Waals surface area contributed by atoms with E-state index in [4.69, 9.17) is 4.74 Å². The molecule has 0 radical (unpaired) electrons. The number of nitro groups is 1. The molecule has 104 valence electrons. The molecule has 1 saturated heterocycles. The predicted molar refractivity (Wildman–Crippen MR) is 66.0 cm³/mol. The van der Waals surface area contributed by atoms with Crippen molar-refractivity contribution >= 4 is 11.6 Å². The van der Waals surface area contributed by atoms with Crippen LogP contribution in [0.2, 0.25) is 0 Å². The first-order valence-electron chi connectivity index (χ1n) is 6.15. The SMILES string of the molecule is CCn1nc(C)c([N+](=O)[O-])c1C(=O)N1CCOCC1. The molecule has 1 fully saturated rings. The van der Waals surface area contributed by atoms with Crippen molar-refractivity contribution in [1.82, 2.24) is 14.7 Å². The molecule has 2 heterocycles. The minimum atomic E-state index is -0.540. The molecular weight excluding hydrogens is 252 g/mol. The van der Waals surface area contributed by atoms with Crippen molar-refractivity contribution in [3.63, 3.8) is 0 Å². The number of ether oxygens (including phenoxy) is 1. The van der Waals surface area contributed by atoms with Crippen LogP contribution in [-0.2, 0) is 11.3 Å². The van der Waals surface area contributed by atoms with Crippen molar-refractivity contribution < 1.29 is 14.5 Å². The van der Waals surface area contributed by atoms with Gasteiger partial charge in [-0.05, 0) is 13.8 Å². The molecule has 0 unspecified atom stereocenters. The number of morpholine rings is 1. The van der Waals surface area contributed by atoms with Gasteiger partial charge in [0.1, 0.15) is 5.69 Å². The van der Waals surface area contributed by atoms with Gasteiger partial charge < -0.3 is 9.64 Å². The first-order chi connectivity index (χ1) is 9.06. The molecule has 0 atom stereocenters. The van der Waals surface area contributed by atoms with Crippen molar-refractivity contribution in [3.05, 3.63) is 21.5 Å². The van der Waals surface area contributed by atoms with Crippen molar-refractivity contribution in [2.45, 2.75) is 20.4 Å². The normalized spacial score (nSPS) is 15.6. The Morgan fingerprint density at radius 3 is 2.63 bits per heavy atom. The van der Waals surface area contributed by atoms with Gasteiger partial charge in [0.25, 0.3) is 5.91 Å². The van der Waals surface area contributed by atoms with Crippen LogP contribution >= 0.6 is 0 Å². The Morgan fingerprint density at radius 1 is 1.47 bits per heavy atom. The lowest BCUT2D eigenvalue weighted by atomic mass is 10.2. The molecule has 0 spiro atoms. The highest BCUT2D eigenvalue weighted by Crippen LogP contribution is 2.24. The summed E-state index contributed by atoms with van der Waals surface area (Å²) in [5.74, 6) is -0.350. The molecule has 1 aromatic heterocycles. The number of hydrogen-bond acceptors (Lipinski definition) is 5. The molecule has 0 saturated carbocycles. The molecule has 1 aliphatic heterocycles. The largest absolute Gasteiger partial charge is 0.378 e. The van der Waals surface area contributed by atoms with Crippen LogP contribution in [0, 0.1) is 17.0 Å². The van der Waals surface area contributed by atoms with Crippen molar-refractivity contribution in [1.29, 1.82) is 0 Å². The van der Waals surface area contributed by atoms with Crippen molar-refractivity contribution in [2.75, 3.05) is 26.3 Å². The van der Waals surface area contributed by atoms with Crippen LogP contribution in [0.4, 0.5) is 5.69 Å². The average molecular weight is 268 g/mol. The monoisotopic (exact) mass is 268 g/mol. The lowest BCUT2D eigenvalue weighted by Crippen LogP contribution is -2.41. The van der Waals surface area contributed by atoms with Crippen LogP contribution in [0.5, 0.6) is 0 Å².